The molecule has 1 saturated carbocycles. The zero-order valence-electron chi connectivity index (χ0n) is 25.1. The molecule has 3 N–H and O–H groups in total. The maximum atomic E-state index is 14.3. The van der Waals surface area contributed by atoms with Gasteiger partial charge < -0.3 is 19.1 Å². The standard InChI is InChI=1S/C31H38N3O9P/c1-19(2)23-11-10-20(3)24(16-23)43-44(39,33-21(4)28(37)40-17-22-8-6-5-7-9-22)41-18-25-27(36)31(13-14-31)29(42-25)34-15-12-26(35)32-30(34)38/h5-12,15-16,19,21,25,27,29,36H,13-14,17-18H2,1-4H3,(H,33,39)(H,32,35,38). The molecule has 5 unspecified atom stereocenters. The van der Waals surface area contributed by atoms with Gasteiger partial charge in [-0.25, -0.2) is 9.36 Å². The van der Waals surface area contributed by atoms with Crippen molar-refractivity contribution in [2.45, 2.75) is 77.5 Å². The third kappa shape index (κ3) is 6.90. The number of benzene rings is 2. The van der Waals surface area contributed by atoms with E-state index < -0.39 is 54.9 Å². The summed E-state index contributed by atoms with van der Waals surface area (Å²) in [6.45, 7) is 6.98. The molecule has 0 amide bonds. The number of carbonyl (C=O) groups excluding carboxylic acids is 1. The van der Waals surface area contributed by atoms with Crippen molar-refractivity contribution in [3.63, 3.8) is 0 Å². The Balaban J connectivity index is 1.35. The number of carbonyl (C=O) groups is 1. The summed E-state index contributed by atoms with van der Waals surface area (Å²) in [5, 5.41) is 13.9. The van der Waals surface area contributed by atoms with E-state index in [4.69, 9.17) is 18.5 Å². The van der Waals surface area contributed by atoms with Gasteiger partial charge in [0.1, 0.15) is 30.7 Å². The number of ether oxygens (including phenoxy) is 2. The number of aromatic amines is 1. The van der Waals surface area contributed by atoms with Crippen molar-refractivity contribution in [2.75, 3.05) is 6.61 Å². The predicted octanol–water partition coefficient (Wildman–Crippen LogP) is 3.93. The number of aliphatic hydroxyl groups is 1. The predicted molar refractivity (Wildman–Crippen MR) is 161 cm³/mol. The lowest BCUT2D eigenvalue weighted by atomic mass is 9.96. The third-order valence-electron chi connectivity index (χ3n) is 8.10. The zero-order valence-corrected chi connectivity index (χ0v) is 26.0. The van der Waals surface area contributed by atoms with Crippen molar-refractivity contribution in [1.29, 1.82) is 0 Å². The normalized spacial score (nSPS) is 22.5. The van der Waals surface area contributed by atoms with Gasteiger partial charge in [-0.2, -0.15) is 5.09 Å². The molecule has 44 heavy (non-hydrogen) atoms. The molecular weight excluding hydrogens is 589 g/mol. The Morgan fingerprint density at radius 3 is 2.55 bits per heavy atom. The van der Waals surface area contributed by atoms with E-state index >= 15 is 0 Å². The highest BCUT2D eigenvalue weighted by atomic mass is 31.2. The van der Waals surface area contributed by atoms with Crippen molar-refractivity contribution in [3.8, 4) is 5.75 Å². The Labute approximate surface area is 254 Å². The SMILES string of the molecule is Cc1ccc(C(C)C)cc1OP(=O)(NC(C)C(=O)OCc1ccccc1)OCC1OC(n2ccc(=O)[nH]c2=O)C2(CC2)C1O. The fourth-order valence-corrected chi connectivity index (χ4v) is 6.83. The summed E-state index contributed by atoms with van der Waals surface area (Å²) in [5.74, 6) is -0.190. The highest BCUT2D eigenvalue weighted by Crippen LogP contribution is 2.62. The van der Waals surface area contributed by atoms with Crippen molar-refractivity contribution >= 4 is 13.7 Å². The lowest BCUT2D eigenvalue weighted by molar-refractivity contribution is -0.146. The van der Waals surface area contributed by atoms with Crippen LogP contribution in [0.1, 0.15) is 62.4 Å². The van der Waals surface area contributed by atoms with Crippen molar-refractivity contribution < 1.29 is 33.0 Å². The molecule has 1 spiro atoms. The summed E-state index contributed by atoms with van der Waals surface area (Å²) in [4.78, 5) is 39.2. The minimum absolute atomic E-state index is 0.0307. The van der Waals surface area contributed by atoms with Crippen LogP contribution in [0.3, 0.4) is 0 Å². The van der Waals surface area contributed by atoms with Crippen LogP contribution >= 0.6 is 7.75 Å². The largest absolute Gasteiger partial charge is 0.460 e. The van der Waals surface area contributed by atoms with Crippen LogP contribution in [0.25, 0.3) is 0 Å². The average molecular weight is 628 g/mol. The summed E-state index contributed by atoms with van der Waals surface area (Å²) in [6.07, 6.45) is -0.412. The van der Waals surface area contributed by atoms with Gasteiger partial charge in [-0.1, -0.05) is 56.3 Å². The quantitative estimate of drug-likeness (QED) is 0.198. The number of aliphatic hydroxyl groups excluding tert-OH is 1. The molecule has 0 radical (unpaired) electrons. The number of H-pyrrole nitrogens is 1. The topological polar surface area (TPSA) is 158 Å². The fraction of sp³-hybridized carbons (Fsp3) is 0.452. The Kier molecular flexibility index (Phi) is 9.29. The van der Waals surface area contributed by atoms with Crippen molar-refractivity contribution in [3.05, 3.63) is 98.3 Å². The van der Waals surface area contributed by atoms with Gasteiger partial charge in [0, 0.05) is 17.7 Å². The molecule has 1 saturated heterocycles. The van der Waals surface area contributed by atoms with E-state index in [2.05, 4.69) is 10.1 Å². The molecule has 1 aliphatic carbocycles. The van der Waals surface area contributed by atoms with Crippen LogP contribution in [0.4, 0.5) is 0 Å². The second-order valence-corrected chi connectivity index (χ2v) is 13.4. The molecule has 2 heterocycles. The van der Waals surface area contributed by atoms with Crippen molar-refractivity contribution in [2.24, 2.45) is 5.41 Å². The zero-order chi connectivity index (χ0) is 31.6. The fourth-order valence-electron chi connectivity index (χ4n) is 5.27. The number of aryl methyl sites for hydroxylation is 1. The molecule has 5 atom stereocenters. The number of hydrogen-bond acceptors (Lipinski definition) is 9. The van der Waals surface area contributed by atoms with Gasteiger partial charge in [0.25, 0.3) is 5.56 Å². The van der Waals surface area contributed by atoms with E-state index in [1.54, 1.807) is 13.0 Å². The summed E-state index contributed by atoms with van der Waals surface area (Å²) in [6, 6.07) is 14.8. The first-order chi connectivity index (χ1) is 20.9. The van der Waals surface area contributed by atoms with Gasteiger partial charge in [-0.15, -0.1) is 0 Å². The molecular formula is C31H38N3O9P. The molecule has 0 bridgehead atoms. The van der Waals surface area contributed by atoms with Gasteiger partial charge in [-0.3, -0.25) is 23.7 Å². The van der Waals surface area contributed by atoms with Gasteiger partial charge >= 0.3 is 19.4 Å². The number of esters is 1. The number of rotatable bonds is 12. The number of nitrogens with one attached hydrogen (secondary N) is 2. The minimum Gasteiger partial charge on any atom is -0.460 e. The van der Waals surface area contributed by atoms with E-state index in [9.17, 15) is 24.1 Å². The van der Waals surface area contributed by atoms with Crippen LogP contribution in [0, 0.1) is 12.3 Å². The van der Waals surface area contributed by atoms with Crippen LogP contribution in [-0.2, 0) is 30.0 Å². The van der Waals surface area contributed by atoms with Gasteiger partial charge in [-0.05, 0) is 55.4 Å². The molecule has 2 aromatic carbocycles. The summed E-state index contributed by atoms with van der Waals surface area (Å²) in [5.41, 5.74) is 0.471. The minimum atomic E-state index is -4.29. The molecule has 13 heteroatoms. The maximum Gasteiger partial charge on any atom is 0.459 e. The van der Waals surface area contributed by atoms with E-state index in [0.29, 0.717) is 24.2 Å². The Bertz CT molecular complexity index is 1650. The van der Waals surface area contributed by atoms with Crippen LogP contribution in [0.5, 0.6) is 5.75 Å². The lowest BCUT2D eigenvalue weighted by Crippen LogP contribution is -2.37. The smallest absolute Gasteiger partial charge is 0.459 e. The van der Waals surface area contributed by atoms with E-state index in [0.717, 1.165) is 11.1 Å². The first kappa shape index (κ1) is 31.9. The molecule has 2 fully saturated rings. The Hall–Kier alpha value is -3.54. The highest BCUT2D eigenvalue weighted by molar-refractivity contribution is 7.52. The van der Waals surface area contributed by atoms with Gasteiger partial charge in [0.05, 0.1) is 12.7 Å². The first-order valence-electron chi connectivity index (χ1n) is 14.6. The molecule has 236 valence electrons. The van der Waals surface area contributed by atoms with Gasteiger partial charge in [0.15, 0.2) is 0 Å². The molecule has 1 aromatic heterocycles. The van der Waals surface area contributed by atoms with E-state index in [-0.39, 0.29) is 19.1 Å². The summed E-state index contributed by atoms with van der Waals surface area (Å²) < 4.78 is 38.9. The van der Waals surface area contributed by atoms with Gasteiger partial charge in [0.2, 0.25) is 0 Å². The van der Waals surface area contributed by atoms with E-state index in [1.165, 1.54) is 23.8 Å². The third-order valence-corrected chi connectivity index (χ3v) is 9.73. The molecule has 2 aliphatic rings. The van der Waals surface area contributed by atoms with Crippen LogP contribution in [0.2, 0.25) is 0 Å². The van der Waals surface area contributed by atoms with E-state index in [1.807, 2.05) is 56.3 Å². The van der Waals surface area contributed by atoms with Crippen LogP contribution < -0.4 is 20.9 Å². The first-order valence-corrected chi connectivity index (χ1v) is 16.1. The second kappa shape index (κ2) is 12.8. The lowest BCUT2D eigenvalue weighted by Gasteiger charge is -2.25. The maximum absolute atomic E-state index is 14.3. The molecule has 5 rings (SSSR count). The highest BCUT2D eigenvalue weighted by Gasteiger charge is 2.64. The summed E-state index contributed by atoms with van der Waals surface area (Å²) >= 11 is 0. The average Bonchev–Trinajstić information content (AvgIpc) is 3.74. The summed E-state index contributed by atoms with van der Waals surface area (Å²) in [7, 11) is -4.29. The Morgan fingerprint density at radius 1 is 1.16 bits per heavy atom. The number of nitrogens with zero attached hydrogens (tertiary/aromatic N) is 1. The Morgan fingerprint density at radius 2 is 1.89 bits per heavy atom. The van der Waals surface area contributed by atoms with Crippen LogP contribution in [0.15, 0.2) is 70.4 Å². The van der Waals surface area contributed by atoms with Crippen LogP contribution in [-0.4, -0.2) is 45.5 Å². The number of aromatic nitrogens is 2. The molecule has 12 nitrogen and oxygen atoms in total. The molecule has 3 aromatic rings. The molecule has 1 aliphatic heterocycles. The second-order valence-electron chi connectivity index (χ2n) is 11.7. The van der Waals surface area contributed by atoms with Crippen molar-refractivity contribution in [1.82, 2.24) is 14.6 Å². The number of hydrogen-bond donors (Lipinski definition) is 3. The monoisotopic (exact) mass is 627 g/mol.